The minimum atomic E-state index is 0.0281. The van der Waals surface area contributed by atoms with E-state index in [0.717, 1.165) is 37.8 Å². The molecule has 0 aliphatic heterocycles. The van der Waals surface area contributed by atoms with Gasteiger partial charge in [-0.05, 0) is 31.0 Å². The molecule has 6 nitrogen and oxygen atoms in total. The van der Waals surface area contributed by atoms with Crippen molar-refractivity contribution in [3.05, 3.63) is 29.6 Å². The maximum atomic E-state index is 8.69. The highest BCUT2D eigenvalue weighted by Crippen LogP contribution is 2.05. The standard InChI is InChI=1S/C13H22N4O2/c14-13(17-19)12-11(6-5-8-16-12)10-15-7-3-1-2-4-9-18/h5-6,8,15,18-19H,1-4,7,9-10H2,(H2,14,17). The summed E-state index contributed by atoms with van der Waals surface area (Å²) in [5.74, 6) is 0.0281. The molecule has 0 fully saturated rings. The van der Waals surface area contributed by atoms with Gasteiger partial charge in [0.15, 0.2) is 5.84 Å². The summed E-state index contributed by atoms with van der Waals surface area (Å²) < 4.78 is 0. The summed E-state index contributed by atoms with van der Waals surface area (Å²) in [6.07, 6.45) is 5.72. The van der Waals surface area contributed by atoms with Crippen LogP contribution in [0.1, 0.15) is 36.9 Å². The van der Waals surface area contributed by atoms with Crippen LogP contribution in [0, 0.1) is 0 Å². The van der Waals surface area contributed by atoms with E-state index >= 15 is 0 Å². The van der Waals surface area contributed by atoms with Gasteiger partial charge in [0.05, 0.1) is 0 Å². The molecule has 5 N–H and O–H groups in total. The molecular weight excluding hydrogens is 244 g/mol. The van der Waals surface area contributed by atoms with Gasteiger partial charge in [-0.25, -0.2) is 0 Å². The summed E-state index contributed by atoms with van der Waals surface area (Å²) >= 11 is 0. The van der Waals surface area contributed by atoms with Crippen LogP contribution in [0.4, 0.5) is 0 Å². The second kappa shape index (κ2) is 9.29. The van der Waals surface area contributed by atoms with Crippen LogP contribution in [0.5, 0.6) is 0 Å². The van der Waals surface area contributed by atoms with Gasteiger partial charge in [-0.15, -0.1) is 0 Å². The lowest BCUT2D eigenvalue weighted by molar-refractivity contribution is 0.282. The average molecular weight is 266 g/mol. The molecular formula is C13H22N4O2. The third-order valence-electron chi connectivity index (χ3n) is 2.82. The van der Waals surface area contributed by atoms with Gasteiger partial charge in [0.2, 0.25) is 0 Å². The summed E-state index contributed by atoms with van der Waals surface area (Å²) in [6, 6.07) is 3.73. The molecule has 0 unspecified atom stereocenters. The number of hydrogen-bond acceptors (Lipinski definition) is 5. The topological polar surface area (TPSA) is 104 Å². The van der Waals surface area contributed by atoms with Gasteiger partial charge in [0.25, 0.3) is 0 Å². The largest absolute Gasteiger partial charge is 0.409 e. The number of amidine groups is 1. The molecule has 0 aliphatic rings. The van der Waals surface area contributed by atoms with E-state index in [1.807, 2.05) is 12.1 Å². The van der Waals surface area contributed by atoms with Gasteiger partial charge < -0.3 is 21.4 Å². The summed E-state index contributed by atoms with van der Waals surface area (Å²) in [6.45, 7) is 1.81. The van der Waals surface area contributed by atoms with Crippen molar-refractivity contribution < 1.29 is 10.3 Å². The zero-order chi connectivity index (χ0) is 13.9. The molecule has 1 aromatic rings. The second-order valence-electron chi connectivity index (χ2n) is 4.31. The molecule has 6 heteroatoms. The highest BCUT2D eigenvalue weighted by molar-refractivity contribution is 5.96. The number of aromatic nitrogens is 1. The molecule has 19 heavy (non-hydrogen) atoms. The molecule has 1 heterocycles. The SMILES string of the molecule is N/C(=N/O)c1ncccc1CNCCCCCCO. The number of aliphatic hydroxyl groups is 1. The Hall–Kier alpha value is -1.66. The van der Waals surface area contributed by atoms with E-state index in [4.69, 9.17) is 16.0 Å². The molecule has 0 aromatic carbocycles. The number of nitrogens with two attached hydrogens (primary N) is 1. The number of rotatable bonds is 9. The molecule has 0 radical (unpaired) electrons. The van der Waals surface area contributed by atoms with Crippen LogP contribution in [0.25, 0.3) is 0 Å². The first-order chi connectivity index (χ1) is 9.29. The lowest BCUT2D eigenvalue weighted by Crippen LogP contribution is -2.21. The van der Waals surface area contributed by atoms with E-state index in [1.165, 1.54) is 0 Å². The van der Waals surface area contributed by atoms with E-state index in [0.29, 0.717) is 12.2 Å². The Morgan fingerprint density at radius 2 is 2.11 bits per heavy atom. The number of aliphatic hydroxyl groups excluding tert-OH is 1. The quantitative estimate of drug-likeness (QED) is 0.174. The number of unbranched alkanes of at least 4 members (excludes halogenated alkanes) is 3. The molecule has 106 valence electrons. The lowest BCUT2D eigenvalue weighted by atomic mass is 10.1. The van der Waals surface area contributed by atoms with E-state index in [9.17, 15) is 0 Å². The fourth-order valence-corrected chi connectivity index (χ4v) is 1.80. The van der Waals surface area contributed by atoms with Gasteiger partial charge >= 0.3 is 0 Å². The Balaban J connectivity index is 2.33. The van der Waals surface area contributed by atoms with Crippen LogP contribution >= 0.6 is 0 Å². The van der Waals surface area contributed by atoms with Crippen molar-refractivity contribution in [3.8, 4) is 0 Å². The van der Waals surface area contributed by atoms with Gasteiger partial charge in [0.1, 0.15) is 5.69 Å². The van der Waals surface area contributed by atoms with Gasteiger partial charge in [-0.2, -0.15) is 0 Å². The molecule has 1 aromatic heterocycles. The van der Waals surface area contributed by atoms with Crippen LogP contribution < -0.4 is 11.1 Å². The predicted octanol–water partition coefficient (Wildman–Crippen LogP) is 0.818. The van der Waals surface area contributed by atoms with E-state index in [-0.39, 0.29) is 12.4 Å². The van der Waals surface area contributed by atoms with Crippen molar-refractivity contribution in [1.29, 1.82) is 0 Å². The van der Waals surface area contributed by atoms with Crippen LogP contribution in [-0.4, -0.2) is 34.3 Å². The van der Waals surface area contributed by atoms with Crippen LogP contribution in [-0.2, 0) is 6.54 Å². The van der Waals surface area contributed by atoms with E-state index in [2.05, 4.69) is 15.5 Å². The monoisotopic (exact) mass is 266 g/mol. The number of pyridine rings is 1. The average Bonchev–Trinajstić information content (AvgIpc) is 2.46. The van der Waals surface area contributed by atoms with Crippen molar-refractivity contribution in [3.63, 3.8) is 0 Å². The van der Waals surface area contributed by atoms with Gasteiger partial charge in [0, 0.05) is 19.3 Å². The minimum Gasteiger partial charge on any atom is -0.409 e. The molecule has 0 atom stereocenters. The fraction of sp³-hybridized carbons (Fsp3) is 0.538. The highest BCUT2D eigenvalue weighted by atomic mass is 16.4. The Labute approximate surface area is 113 Å². The molecule has 0 aliphatic carbocycles. The smallest absolute Gasteiger partial charge is 0.189 e. The Morgan fingerprint density at radius 1 is 1.32 bits per heavy atom. The van der Waals surface area contributed by atoms with Crippen molar-refractivity contribution in [2.45, 2.75) is 32.2 Å². The maximum Gasteiger partial charge on any atom is 0.189 e. The summed E-state index contributed by atoms with van der Waals surface area (Å²) in [7, 11) is 0. The third-order valence-corrected chi connectivity index (χ3v) is 2.82. The molecule has 0 bridgehead atoms. The first-order valence-electron chi connectivity index (χ1n) is 6.53. The normalized spacial score (nSPS) is 11.7. The zero-order valence-corrected chi connectivity index (χ0v) is 11.0. The Kier molecular flexibility index (Phi) is 7.53. The first kappa shape index (κ1) is 15.4. The summed E-state index contributed by atoms with van der Waals surface area (Å²) in [4.78, 5) is 4.11. The van der Waals surface area contributed by atoms with Crippen molar-refractivity contribution in [1.82, 2.24) is 10.3 Å². The molecule has 0 saturated carbocycles. The Bertz CT molecular complexity index is 396. The highest BCUT2D eigenvalue weighted by Gasteiger charge is 2.07. The van der Waals surface area contributed by atoms with Gasteiger partial charge in [-0.1, -0.05) is 24.1 Å². The Morgan fingerprint density at radius 3 is 2.84 bits per heavy atom. The van der Waals surface area contributed by atoms with Gasteiger partial charge in [-0.3, -0.25) is 4.98 Å². The number of nitrogens with zero attached hydrogens (tertiary/aromatic N) is 2. The molecule has 0 saturated heterocycles. The number of nitrogens with one attached hydrogen (secondary N) is 1. The van der Waals surface area contributed by atoms with Crippen molar-refractivity contribution in [2.24, 2.45) is 10.9 Å². The van der Waals surface area contributed by atoms with E-state index in [1.54, 1.807) is 6.20 Å². The molecule has 0 spiro atoms. The number of oxime groups is 1. The third kappa shape index (κ3) is 5.67. The predicted molar refractivity (Wildman–Crippen MR) is 74.0 cm³/mol. The first-order valence-corrected chi connectivity index (χ1v) is 6.53. The van der Waals surface area contributed by atoms with E-state index < -0.39 is 0 Å². The van der Waals surface area contributed by atoms with Crippen molar-refractivity contribution >= 4 is 5.84 Å². The van der Waals surface area contributed by atoms with Crippen LogP contribution in [0.3, 0.4) is 0 Å². The maximum absolute atomic E-state index is 8.69. The second-order valence-corrected chi connectivity index (χ2v) is 4.31. The number of hydrogen-bond donors (Lipinski definition) is 4. The zero-order valence-electron chi connectivity index (χ0n) is 11.0. The van der Waals surface area contributed by atoms with Crippen molar-refractivity contribution in [2.75, 3.05) is 13.2 Å². The fourth-order valence-electron chi connectivity index (χ4n) is 1.80. The van der Waals surface area contributed by atoms with Crippen LogP contribution in [0.15, 0.2) is 23.5 Å². The molecule has 1 rings (SSSR count). The molecule has 0 amide bonds. The lowest BCUT2D eigenvalue weighted by Gasteiger charge is -2.08. The van der Waals surface area contributed by atoms with Crippen LogP contribution in [0.2, 0.25) is 0 Å². The minimum absolute atomic E-state index is 0.0281. The summed E-state index contributed by atoms with van der Waals surface area (Å²) in [5, 5.41) is 23.6. The summed E-state index contributed by atoms with van der Waals surface area (Å²) in [5.41, 5.74) is 6.99.